The van der Waals surface area contributed by atoms with Gasteiger partial charge in [-0.1, -0.05) is 6.07 Å². The molecule has 0 saturated carbocycles. The molecule has 0 bridgehead atoms. The van der Waals surface area contributed by atoms with E-state index in [1.54, 1.807) is 30.4 Å². The Bertz CT molecular complexity index is 822. The third kappa shape index (κ3) is 5.01. The number of nitrogens with zero attached hydrogens (tertiary/aromatic N) is 2. The fraction of sp³-hybridized carbons (Fsp3) is 0.450. The second-order valence-corrected chi connectivity index (χ2v) is 7.38. The predicted octanol–water partition coefficient (Wildman–Crippen LogP) is 3.15. The first-order chi connectivity index (χ1) is 13.6. The molecule has 7 nitrogen and oxygen atoms in total. The van der Waals surface area contributed by atoms with Crippen LogP contribution in [0.2, 0.25) is 0 Å². The number of aromatic nitrogens is 1. The Hall–Kier alpha value is -2.61. The van der Waals surface area contributed by atoms with Crippen molar-refractivity contribution in [2.75, 3.05) is 26.8 Å². The lowest BCUT2D eigenvalue weighted by molar-refractivity contribution is -0.149. The van der Waals surface area contributed by atoms with E-state index < -0.39 is 0 Å². The van der Waals surface area contributed by atoms with Gasteiger partial charge in [-0.3, -0.25) is 9.59 Å². The highest BCUT2D eigenvalue weighted by molar-refractivity contribution is 7.09. The first-order valence-electron chi connectivity index (χ1n) is 9.28. The van der Waals surface area contributed by atoms with Crippen molar-refractivity contribution >= 4 is 23.2 Å². The van der Waals surface area contributed by atoms with Crippen LogP contribution >= 0.6 is 11.3 Å². The number of carbonyl (C=O) groups excluding carboxylic acids is 2. The maximum Gasteiger partial charge on any atom is 0.310 e. The number of methoxy groups -OCH3 is 1. The van der Waals surface area contributed by atoms with E-state index in [1.807, 2.05) is 18.2 Å². The van der Waals surface area contributed by atoms with Crippen LogP contribution in [0, 0.1) is 5.92 Å². The SMILES string of the molecule is CCOC(=O)[C@@H]1CCCN(C(=O)c2csc(COc3cccc(OC)c3)n2)C1. The Morgan fingerprint density at radius 2 is 2.14 bits per heavy atom. The van der Waals surface area contributed by atoms with Crippen molar-refractivity contribution in [1.29, 1.82) is 0 Å². The summed E-state index contributed by atoms with van der Waals surface area (Å²) < 4.78 is 16.0. The summed E-state index contributed by atoms with van der Waals surface area (Å²) in [6.45, 7) is 3.42. The predicted molar refractivity (Wildman–Crippen MR) is 105 cm³/mol. The molecular formula is C20H24N2O5S. The molecule has 0 aliphatic carbocycles. The van der Waals surface area contributed by atoms with E-state index in [0.29, 0.717) is 41.9 Å². The number of benzene rings is 1. The molecule has 150 valence electrons. The second-order valence-electron chi connectivity index (χ2n) is 6.44. The first-order valence-corrected chi connectivity index (χ1v) is 10.2. The van der Waals surface area contributed by atoms with Crippen molar-refractivity contribution in [3.8, 4) is 11.5 Å². The molecule has 28 heavy (non-hydrogen) atoms. The minimum Gasteiger partial charge on any atom is -0.497 e. The van der Waals surface area contributed by atoms with Gasteiger partial charge in [0.25, 0.3) is 5.91 Å². The number of hydrogen-bond donors (Lipinski definition) is 0. The van der Waals surface area contributed by atoms with E-state index in [-0.39, 0.29) is 24.4 Å². The van der Waals surface area contributed by atoms with Crippen LogP contribution in [0.4, 0.5) is 0 Å². The molecule has 1 amide bonds. The van der Waals surface area contributed by atoms with Crippen LogP contribution in [-0.4, -0.2) is 48.6 Å². The van der Waals surface area contributed by atoms with Crippen LogP contribution in [0.1, 0.15) is 35.3 Å². The van der Waals surface area contributed by atoms with Gasteiger partial charge in [-0.05, 0) is 31.9 Å². The summed E-state index contributed by atoms with van der Waals surface area (Å²) in [7, 11) is 1.60. The van der Waals surface area contributed by atoms with Crippen LogP contribution in [0.5, 0.6) is 11.5 Å². The van der Waals surface area contributed by atoms with Gasteiger partial charge in [0.05, 0.1) is 19.6 Å². The zero-order valence-corrected chi connectivity index (χ0v) is 16.9. The number of hydrogen-bond acceptors (Lipinski definition) is 7. The summed E-state index contributed by atoms with van der Waals surface area (Å²) in [5.74, 6) is 0.750. The lowest BCUT2D eigenvalue weighted by Crippen LogP contribution is -2.43. The van der Waals surface area contributed by atoms with Crippen molar-refractivity contribution in [3.05, 3.63) is 40.3 Å². The summed E-state index contributed by atoms with van der Waals surface area (Å²) in [6, 6.07) is 7.32. The van der Waals surface area contributed by atoms with Crippen molar-refractivity contribution in [1.82, 2.24) is 9.88 Å². The van der Waals surface area contributed by atoms with Crippen molar-refractivity contribution in [2.45, 2.75) is 26.4 Å². The molecule has 1 aliphatic heterocycles. The van der Waals surface area contributed by atoms with Gasteiger partial charge in [0.15, 0.2) is 0 Å². The quantitative estimate of drug-likeness (QED) is 0.660. The minimum absolute atomic E-state index is 0.155. The molecular weight excluding hydrogens is 380 g/mol. The number of esters is 1. The molecule has 8 heteroatoms. The number of thiazole rings is 1. The van der Waals surface area contributed by atoms with Crippen LogP contribution in [-0.2, 0) is 16.1 Å². The summed E-state index contributed by atoms with van der Waals surface area (Å²) in [5.41, 5.74) is 0.388. The Labute approximate surface area is 168 Å². The summed E-state index contributed by atoms with van der Waals surface area (Å²) in [4.78, 5) is 30.8. The fourth-order valence-corrected chi connectivity index (χ4v) is 3.77. The molecule has 1 aliphatic rings. The third-order valence-electron chi connectivity index (χ3n) is 4.50. The van der Waals surface area contributed by atoms with Crippen LogP contribution < -0.4 is 9.47 Å². The van der Waals surface area contributed by atoms with Gasteiger partial charge in [-0.15, -0.1) is 11.3 Å². The molecule has 1 aromatic carbocycles. The van der Waals surface area contributed by atoms with Gasteiger partial charge < -0.3 is 19.1 Å². The molecule has 1 saturated heterocycles. The monoisotopic (exact) mass is 404 g/mol. The zero-order valence-electron chi connectivity index (χ0n) is 16.1. The van der Waals surface area contributed by atoms with Gasteiger partial charge in [-0.25, -0.2) is 4.98 Å². The van der Waals surface area contributed by atoms with E-state index in [2.05, 4.69) is 4.98 Å². The lowest BCUT2D eigenvalue weighted by Gasteiger charge is -2.31. The molecule has 0 radical (unpaired) electrons. The van der Waals surface area contributed by atoms with E-state index in [1.165, 1.54) is 11.3 Å². The van der Waals surface area contributed by atoms with Crippen LogP contribution in [0.3, 0.4) is 0 Å². The minimum atomic E-state index is -0.257. The molecule has 1 fully saturated rings. The Balaban J connectivity index is 1.58. The molecule has 0 N–H and O–H groups in total. The largest absolute Gasteiger partial charge is 0.497 e. The summed E-state index contributed by atoms with van der Waals surface area (Å²) in [5, 5.41) is 2.45. The number of piperidine rings is 1. The van der Waals surface area contributed by atoms with Crippen molar-refractivity contribution < 1.29 is 23.8 Å². The molecule has 2 heterocycles. The van der Waals surface area contributed by atoms with E-state index in [4.69, 9.17) is 14.2 Å². The zero-order chi connectivity index (χ0) is 19.9. The highest BCUT2D eigenvalue weighted by Gasteiger charge is 2.30. The number of ether oxygens (including phenoxy) is 3. The third-order valence-corrected chi connectivity index (χ3v) is 5.33. The topological polar surface area (TPSA) is 78.0 Å². The fourth-order valence-electron chi connectivity index (χ4n) is 3.09. The standard InChI is InChI=1S/C20H24N2O5S/c1-3-26-20(24)14-6-5-9-22(11-14)19(23)17-13-28-18(21-17)12-27-16-8-4-7-15(10-16)25-2/h4,7-8,10,13-14H,3,5-6,9,11-12H2,1-2H3/t14-/m1/s1. The lowest BCUT2D eigenvalue weighted by atomic mass is 9.98. The van der Waals surface area contributed by atoms with Gasteiger partial charge in [0.2, 0.25) is 0 Å². The summed E-state index contributed by atoms with van der Waals surface area (Å²) >= 11 is 1.38. The number of carbonyl (C=O) groups is 2. The van der Waals surface area contributed by atoms with Gasteiger partial charge in [0, 0.05) is 24.5 Å². The molecule has 0 unspecified atom stereocenters. The van der Waals surface area contributed by atoms with Crippen LogP contribution in [0.25, 0.3) is 0 Å². The van der Waals surface area contributed by atoms with Gasteiger partial charge >= 0.3 is 5.97 Å². The van der Waals surface area contributed by atoms with Gasteiger partial charge in [0.1, 0.15) is 28.8 Å². The van der Waals surface area contributed by atoms with E-state index in [9.17, 15) is 9.59 Å². The molecule has 1 atom stereocenters. The number of amides is 1. The molecule has 2 aromatic rings. The first kappa shape index (κ1) is 20.1. The van der Waals surface area contributed by atoms with Gasteiger partial charge in [-0.2, -0.15) is 0 Å². The average Bonchev–Trinajstić information content (AvgIpc) is 3.21. The highest BCUT2D eigenvalue weighted by atomic mass is 32.1. The Kier molecular flexibility index (Phi) is 6.86. The Morgan fingerprint density at radius 1 is 1.32 bits per heavy atom. The van der Waals surface area contributed by atoms with E-state index in [0.717, 1.165) is 12.8 Å². The number of rotatable bonds is 7. The molecule has 1 aromatic heterocycles. The van der Waals surface area contributed by atoms with Crippen molar-refractivity contribution in [3.63, 3.8) is 0 Å². The summed E-state index contributed by atoms with van der Waals surface area (Å²) in [6.07, 6.45) is 1.53. The average molecular weight is 404 g/mol. The second kappa shape index (κ2) is 9.54. The highest BCUT2D eigenvalue weighted by Crippen LogP contribution is 2.23. The normalized spacial score (nSPS) is 16.5. The maximum atomic E-state index is 12.8. The molecule has 0 spiro atoms. The Morgan fingerprint density at radius 3 is 2.93 bits per heavy atom. The molecule has 3 rings (SSSR count). The maximum absolute atomic E-state index is 12.8. The van der Waals surface area contributed by atoms with Crippen molar-refractivity contribution in [2.24, 2.45) is 5.92 Å². The number of likely N-dealkylation sites (tertiary alicyclic amines) is 1. The smallest absolute Gasteiger partial charge is 0.310 e. The van der Waals surface area contributed by atoms with Crippen LogP contribution in [0.15, 0.2) is 29.6 Å². The van der Waals surface area contributed by atoms with E-state index >= 15 is 0 Å².